The Morgan fingerprint density at radius 2 is 1.16 bits per heavy atom. The molecule has 2 aromatic heterocycles. The summed E-state index contributed by atoms with van der Waals surface area (Å²) < 4.78 is 3.96. The summed E-state index contributed by atoms with van der Waals surface area (Å²) in [6.45, 7) is -0.00712. The highest BCUT2D eigenvalue weighted by molar-refractivity contribution is 7.26. The lowest BCUT2D eigenvalue weighted by atomic mass is 9.43. The maximum Gasteiger partial charge on any atom is 0.333 e. The van der Waals surface area contributed by atoms with Gasteiger partial charge in [0.1, 0.15) is 4.83 Å². The number of aromatic nitrogens is 1. The molecule has 2 nitrogen and oxygen atoms in total. The number of hydrogen-bond donors (Lipinski definition) is 0. The monoisotopic (exact) mass is 650 g/mol. The minimum Gasteiger partial charge on any atom is -0.376 e. The van der Waals surface area contributed by atoms with E-state index < -0.39 is 0 Å². The molecule has 0 spiro atoms. The summed E-state index contributed by atoms with van der Waals surface area (Å²) >= 11 is 1.92. The zero-order chi connectivity index (χ0) is 32.5. The molecule has 4 heteroatoms. The van der Waals surface area contributed by atoms with Crippen molar-refractivity contribution in [2.75, 3.05) is 4.81 Å². The SMILES string of the molecule is c1ccc(-c2ccc(N3B4c5c(cc6ccccc6c5-n5c6sc7ccccc7c6c6cccc4c65)-c4cc5ccccc5cc43)cc2)cc1. The fourth-order valence-corrected chi connectivity index (χ4v) is 10.3. The Hall–Kier alpha value is -6.10. The van der Waals surface area contributed by atoms with Crippen LogP contribution >= 0.6 is 11.3 Å². The van der Waals surface area contributed by atoms with Gasteiger partial charge in [-0.1, -0.05) is 127 Å². The van der Waals surface area contributed by atoms with Crippen molar-refractivity contribution < 1.29 is 0 Å². The van der Waals surface area contributed by atoms with Crippen LogP contribution in [0.2, 0.25) is 0 Å². The van der Waals surface area contributed by atoms with Gasteiger partial charge in [-0.25, -0.2) is 0 Å². The quantitative estimate of drug-likeness (QED) is 0.169. The molecule has 4 heterocycles. The van der Waals surface area contributed by atoms with E-state index in [1.807, 2.05) is 11.3 Å². The van der Waals surface area contributed by atoms with Gasteiger partial charge in [0.25, 0.3) is 0 Å². The average Bonchev–Trinajstić information content (AvgIpc) is 3.72. The number of fused-ring (bicyclic) bond motifs is 12. The molecule has 0 bridgehead atoms. The van der Waals surface area contributed by atoms with Gasteiger partial charge in [0, 0.05) is 43.2 Å². The van der Waals surface area contributed by atoms with Gasteiger partial charge in [0.2, 0.25) is 0 Å². The Labute approximate surface area is 293 Å². The molecule has 0 N–H and O–H groups in total. The fraction of sp³-hybridized carbons (Fsp3) is 0. The van der Waals surface area contributed by atoms with E-state index >= 15 is 0 Å². The Kier molecular flexibility index (Phi) is 5.23. The van der Waals surface area contributed by atoms with Gasteiger partial charge in [-0.15, -0.1) is 11.3 Å². The van der Waals surface area contributed by atoms with Gasteiger partial charge >= 0.3 is 6.85 Å². The smallest absolute Gasteiger partial charge is 0.333 e. The summed E-state index contributed by atoms with van der Waals surface area (Å²) in [5.41, 5.74) is 12.9. The first kappa shape index (κ1) is 26.8. The van der Waals surface area contributed by atoms with E-state index in [1.165, 1.54) is 103 Å². The molecular formula is C46H27BN2S. The summed E-state index contributed by atoms with van der Waals surface area (Å²) in [5.74, 6) is 0. The fourth-order valence-electron chi connectivity index (χ4n) is 9.02. The molecule has 0 saturated heterocycles. The predicted octanol–water partition coefficient (Wildman–Crippen LogP) is 11.2. The van der Waals surface area contributed by atoms with E-state index in [0.717, 1.165) is 0 Å². The van der Waals surface area contributed by atoms with E-state index in [2.05, 4.69) is 173 Å². The molecule has 2 aliphatic heterocycles. The van der Waals surface area contributed by atoms with Crippen molar-refractivity contribution >= 4 is 93.2 Å². The van der Waals surface area contributed by atoms with Crippen LogP contribution in [0, 0.1) is 0 Å². The van der Waals surface area contributed by atoms with Crippen LogP contribution in [0.4, 0.5) is 11.4 Å². The third-order valence-corrected chi connectivity index (χ3v) is 12.3. The second-order valence-corrected chi connectivity index (χ2v) is 14.7. The maximum atomic E-state index is 2.63. The molecular weight excluding hydrogens is 623 g/mol. The van der Waals surface area contributed by atoms with E-state index in [0.29, 0.717) is 0 Å². The summed E-state index contributed by atoms with van der Waals surface area (Å²) in [6, 6.07) is 61.0. The predicted molar refractivity (Wildman–Crippen MR) is 216 cm³/mol. The van der Waals surface area contributed by atoms with Gasteiger partial charge in [-0.3, -0.25) is 0 Å². The topological polar surface area (TPSA) is 8.17 Å². The van der Waals surface area contributed by atoms with Crippen LogP contribution in [0.5, 0.6) is 0 Å². The Morgan fingerprint density at radius 1 is 0.500 bits per heavy atom. The van der Waals surface area contributed by atoms with Crippen molar-refractivity contribution in [3.8, 4) is 27.9 Å². The molecule has 0 amide bonds. The molecule has 12 rings (SSSR count). The van der Waals surface area contributed by atoms with Crippen molar-refractivity contribution in [1.29, 1.82) is 0 Å². The Bertz CT molecular complexity index is 3050. The van der Waals surface area contributed by atoms with Crippen LogP contribution in [-0.4, -0.2) is 11.4 Å². The van der Waals surface area contributed by atoms with Crippen molar-refractivity contribution in [3.05, 3.63) is 164 Å². The van der Waals surface area contributed by atoms with Gasteiger partial charge < -0.3 is 9.38 Å². The minimum atomic E-state index is -0.00712. The number of anilines is 2. The molecule has 50 heavy (non-hydrogen) atoms. The zero-order valence-electron chi connectivity index (χ0n) is 27.0. The number of nitrogens with zero attached hydrogens (tertiary/aromatic N) is 2. The molecule has 0 saturated carbocycles. The molecule has 10 aromatic rings. The molecule has 0 fully saturated rings. The number of benzene rings is 8. The number of hydrogen-bond acceptors (Lipinski definition) is 2. The first-order chi connectivity index (χ1) is 24.8. The van der Waals surface area contributed by atoms with Crippen LogP contribution in [0.1, 0.15) is 0 Å². The highest BCUT2D eigenvalue weighted by Gasteiger charge is 2.44. The third kappa shape index (κ3) is 3.43. The van der Waals surface area contributed by atoms with Crippen molar-refractivity contribution in [2.45, 2.75) is 0 Å². The van der Waals surface area contributed by atoms with Gasteiger partial charge in [-0.05, 0) is 80.2 Å². The van der Waals surface area contributed by atoms with E-state index in [4.69, 9.17) is 0 Å². The number of para-hydroxylation sites is 1. The highest BCUT2D eigenvalue weighted by Crippen LogP contribution is 2.49. The highest BCUT2D eigenvalue weighted by atomic mass is 32.1. The largest absolute Gasteiger partial charge is 0.376 e. The zero-order valence-corrected chi connectivity index (χ0v) is 27.8. The van der Waals surface area contributed by atoms with Gasteiger partial charge in [0.05, 0.1) is 11.2 Å². The molecule has 230 valence electrons. The molecule has 0 radical (unpaired) electrons. The first-order valence-corrected chi connectivity index (χ1v) is 18.1. The molecule has 8 aromatic carbocycles. The normalized spacial score (nSPS) is 13.1. The summed E-state index contributed by atoms with van der Waals surface area (Å²) in [7, 11) is 0. The maximum absolute atomic E-state index is 2.63. The minimum absolute atomic E-state index is 0.00712. The molecule has 0 atom stereocenters. The van der Waals surface area contributed by atoms with E-state index in [-0.39, 0.29) is 6.85 Å². The third-order valence-electron chi connectivity index (χ3n) is 11.1. The molecule has 2 aliphatic rings. The van der Waals surface area contributed by atoms with Crippen LogP contribution in [-0.2, 0) is 0 Å². The van der Waals surface area contributed by atoms with Crippen molar-refractivity contribution in [2.24, 2.45) is 0 Å². The van der Waals surface area contributed by atoms with Crippen LogP contribution in [0.15, 0.2) is 164 Å². The van der Waals surface area contributed by atoms with Crippen LogP contribution in [0.3, 0.4) is 0 Å². The standard InChI is InChI=1S/C46H27BN2S/c1-2-11-28(12-3-1)29-21-23-33(24-22-29)49-40-27-31-14-5-4-13-30(31)25-37(40)38-26-32-15-6-7-16-34(32)45-43(38)47(49)39-19-10-18-36-42-35-17-8-9-20-41(35)50-46(42)48(45)44(36)39/h1-27H. The van der Waals surface area contributed by atoms with Crippen molar-refractivity contribution in [1.82, 2.24) is 4.57 Å². The summed E-state index contributed by atoms with van der Waals surface area (Å²) in [6.07, 6.45) is 0. The lowest BCUT2D eigenvalue weighted by Crippen LogP contribution is -2.60. The van der Waals surface area contributed by atoms with Gasteiger partial charge in [-0.2, -0.15) is 0 Å². The second kappa shape index (κ2) is 9.75. The first-order valence-electron chi connectivity index (χ1n) is 17.3. The number of thiophene rings is 1. The summed E-state index contributed by atoms with van der Waals surface area (Å²) in [4.78, 5) is 3.96. The van der Waals surface area contributed by atoms with Crippen LogP contribution < -0.4 is 15.7 Å². The van der Waals surface area contributed by atoms with Gasteiger partial charge in [0.15, 0.2) is 0 Å². The Balaban J connectivity index is 1.25. The molecule has 0 unspecified atom stereocenters. The Morgan fingerprint density at radius 3 is 2.00 bits per heavy atom. The lowest BCUT2D eigenvalue weighted by Gasteiger charge is -2.42. The lowest BCUT2D eigenvalue weighted by molar-refractivity contribution is 1.21. The van der Waals surface area contributed by atoms with Crippen molar-refractivity contribution in [3.63, 3.8) is 0 Å². The van der Waals surface area contributed by atoms with E-state index in [1.54, 1.807) is 0 Å². The molecule has 0 aliphatic carbocycles. The van der Waals surface area contributed by atoms with E-state index in [9.17, 15) is 0 Å². The number of rotatable bonds is 2. The second-order valence-electron chi connectivity index (χ2n) is 13.7. The summed E-state index contributed by atoms with van der Waals surface area (Å²) in [5, 5.41) is 9.12. The average molecular weight is 651 g/mol. The van der Waals surface area contributed by atoms with Crippen LogP contribution in [0.25, 0.3) is 80.7 Å².